The van der Waals surface area contributed by atoms with E-state index in [0.29, 0.717) is 24.3 Å². The molecule has 1 aromatic heterocycles. The Kier molecular flexibility index (Phi) is 6.42. The largest absolute Gasteiger partial charge is 0.465 e. The smallest absolute Gasteiger partial charge is 0.320 e. The number of hydrogen-bond donors (Lipinski definition) is 0. The molecule has 2 aromatic carbocycles. The number of hydrogen-bond acceptors (Lipinski definition) is 6. The minimum absolute atomic E-state index is 0.116. The van der Waals surface area contributed by atoms with E-state index in [1.54, 1.807) is 11.3 Å². The summed E-state index contributed by atoms with van der Waals surface area (Å²) < 4.78 is 12.1. The Labute approximate surface area is 175 Å². The number of nitrogens with zero attached hydrogens (tertiary/aromatic N) is 2. The second-order valence-electron chi connectivity index (χ2n) is 7.42. The summed E-state index contributed by atoms with van der Waals surface area (Å²) in [5.41, 5.74) is 2.30. The molecular weight excluding hydrogens is 384 g/mol. The molecule has 0 aliphatic carbocycles. The van der Waals surface area contributed by atoms with Gasteiger partial charge < -0.3 is 9.47 Å². The number of thiazole rings is 1. The average molecular weight is 411 g/mol. The lowest BCUT2D eigenvalue weighted by atomic mass is 9.90. The highest BCUT2D eigenvalue weighted by Gasteiger charge is 2.21. The number of carbonyl (C=O) groups excluding carboxylic acids is 1. The SMILES string of the molecule is CCOC(=O)CN1CCC(Cc2ccc(Oc3nc4ccccc4s3)cc2)CC1. The van der Waals surface area contributed by atoms with Gasteiger partial charge in [0.2, 0.25) is 0 Å². The molecule has 0 atom stereocenters. The van der Waals surface area contributed by atoms with Crippen LogP contribution >= 0.6 is 11.3 Å². The van der Waals surface area contributed by atoms with Crippen LogP contribution < -0.4 is 4.74 Å². The summed E-state index contributed by atoms with van der Waals surface area (Å²) in [5.74, 6) is 1.36. The molecule has 0 saturated carbocycles. The van der Waals surface area contributed by atoms with Crippen molar-refractivity contribution in [2.75, 3.05) is 26.2 Å². The summed E-state index contributed by atoms with van der Waals surface area (Å²) in [6.07, 6.45) is 3.29. The lowest BCUT2D eigenvalue weighted by molar-refractivity contribution is -0.144. The number of fused-ring (bicyclic) bond motifs is 1. The van der Waals surface area contributed by atoms with Gasteiger partial charge in [0.25, 0.3) is 5.19 Å². The number of para-hydroxylation sites is 1. The first-order valence-corrected chi connectivity index (χ1v) is 11.0. The quantitative estimate of drug-likeness (QED) is 0.518. The third-order valence-electron chi connectivity index (χ3n) is 5.29. The van der Waals surface area contributed by atoms with E-state index in [1.807, 2.05) is 37.3 Å². The Balaban J connectivity index is 1.27. The molecule has 0 N–H and O–H groups in total. The lowest BCUT2D eigenvalue weighted by Gasteiger charge is -2.31. The van der Waals surface area contributed by atoms with Gasteiger partial charge in [-0.25, -0.2) is 4.98 Å². The summed E-state index contributed by atoms with van der Waals surface area (Å²) >= 11 is 1.56. The minimum Gasteiger partial charge on any atom is -0.465 e. The molecule has 3 aromatic rings. The lowest BCUT2D eigenvalue weighted by Crippen LogP contribution is -2.38. The van der Waals surface area contributed by atoms with Crippen LogP contribution in [0.5, 0.6) is 10.9 Å². The number of likely N-dealkylation sites (tertiary alicyclic amines) is 1. The number of carbonyl (C=O) groups is 1. The molecular formula is C23H26N2O3S. The summed E-state index contributed by atoms with van der Waals surface area (Å²) in [7, 11) is 0. The van der Waals surface area contributed by atoms with Gasteiger partial charge in [-0.1, -0.05) is 35.6 Å². The van der Waals surface area contributed by atoms with Crippen LogP contribution in [0.25, 0.3) is 10.2 Å². The molecule has 6 heteroatoms. The van der Waals surface area contributed by atoms with E-state index >= 15 is 0 Å². The van der Waals surface area contributed by atoms with Gasteiger partial charge >= 0.3 is 5.97 Å². The van der Waals surface area contributed by atoms with E-state index in [4.69, 9.17) is 9.47 Å². The molecule has 1 saturated heterocycles. The van der Waals surface area contributed by atoms with Gasteiger partial charge in [-0.3, -0.25) is 9.69 Å². The minimum atomic E-state index is -0.116. The molecule has 2 heterocycles. The standard InChI is InChI=1S/C23H26N2O3S/c1-2-27-22(26)16-25-13-11-18(12-14-25)15-17-7-9-19(10-8-17)28-23-24-20-5-3-4-6-21(20)29-23/h3-10,18H,2,11-16H2,1H3. The van der Waals surface area contributed by atoms with E-state index < -0.39 is 0 Å². The molecule has 0 amide bonds. The van der Waals surface area contributed by atoms with Crippen LogP contribution in [-0.2, 0) is 16.0 Å². The number of benzene rings is 2. The van der Waals surface area contributed by atoms with Crippen LogP contribution in [0.1, 0.15) is 25.3 Å². The predicted molar refractivity (Wildman–Crippen MR) is 116 cm³/mol. The second-order valence-corrected chi connectivity index (χ2v) is 8.42. The number of ether oxygens (including phenoxy) is 2. The van der Waals surface area contributed by atoms with Gasteiger partial charge in [0.05, 0.1) is 23.4 Å². The van der Waals surface area contributed by atoms with Crippen molar-refractivity contribution in [3.8, 4) is 10.9 Å². The Morgan fingerprint density at radius 1 is 1.14 bits per heavy atom. The molecule has 1 aliphatic heterocycles. The van der Waals surface area contributed by atoms with Crippen molar-refractivity contribution in [2.24, 2.45) is 5.92 Å². The van der Waals surface area contributed by atoms with E-state index in [1.165, 1.54) is 5.56 Å². The molecule has 4 rings (SSSR count). The molecule has 1 aliphatic rings. The van der Waals surface area contributed by atoms with Crippen LogP contribution in [0.15, 0.2) is 48.5 Å². The fourth-order valence-corrected chi connectivity index (χ4v) is 4.60. The normalized spacial score (nSPS) is 15.5. The Morgan fingerprint density at radius 3 is 2.62 bits per heavy atom. The van der Waals surface area contributed by atoms with Gasteiger partial charge in [0.15, 0.2) is 0 Å². The predicted octanol–water partition coefficient (Wildman–Crippen LogP) is 4.91. The monoisotopic (exact) mass is 410 g/mol. The van der Waals surface area contributed by atoms with Crippen molar-refractivity contribution in [3.05, 3.63) is 54.1 Å². The third kappa shape index (κ3) is 5.34. The van der Waals surface area contributed by atoms with Crippen molar-refractivity contribution >= 4 is 27.5 Å². The maximum absolute atomic E-state index is 11.6. The van der Waals surface area contributed by atoms with Crippen LogP contribution in [0.3, 0.4) is 0 Å². The van der Waals surface area contributed by atoms with Crippen molar-refractivity contribution in [3.63, 3.8) is 0 Å². The van der Waals surface area contributed by atoms with Crippen LogP contribution in [0, 0.1) is 5.92 Å². The van der Waals surface area contributed by atoms with Gasteiger partial charge in [-0.2, -0.15) is 0 Å². The van der Waals surface area contributed by atoms with Gasteiger partial charge in [0, 0.05) is 0 Å². The third-order valence-corrected chi connectivity index (χ3v) is 6.21. The van der Waals surface area contributed by atoms with Crippen molar-refractivity contribution in [1.82, 2.24) is 9.88 Å². The van der Waals surface area contributed by atoms with Crippen LogP contribution in [0.2, 0.25) is 0 Å². The maximum Gasteiger partial charge on any atom is 0.320 e. The molecule has 0 radical (unpaired) electrons. The Hall–Kier alpha value is -2.44. The number of aromatic nitrogens is 1. The first-order chi connectivity index (χ1) is 14.2. The van der Waals surface area contributed by atoms with E-state index in [0.717, 1.165) is 48.3 Å². The van der Waals surface area contributed by atoms with Crippen molar-refractivity contribution in [1.29, 1.82) is 0 Å². The Morgan fingerprint density at radius 2 is 1.90 bits per heavy atom. The summed E-state index contributed by atoms with van der Waals surface area (Å²) in [5, 5.41) is 0.674. The van der Waals surface area contributed by atoms with Gasteiger partial charge in [-0.05, 0) is 75.0 Å². The van der Waals surface area contributed by atoms with Gasteiger partial charge in [0.1, 0.15) is 5.75 Å². The summed E-state index contributed by atoms with van der Waals surface area (Å²) in [6, 6.07) is 16.4. The maximum atomic E-state index is 11.6. The topological polar surface area (TPSA) is 51.7 Å². The zero-order chi connectivity index (χ0) is 20.1. The molecule has 29 heavy (non-hydrogen) atoms. The first-order valence-electron chi connectivity index (χ1n) is 10.2. The van der Waals surface area contributed by atoms with E-state index in [2.05, 4.69) is 28.1 Å². The van der Waals surface area contributed by atoms with Crippen LogP contribution in [0.4, 0.5) is 0 Å². The van der Waals surface area contributed by atoms with Crippen molar-refractivity contribution in [2.45, 2.75) is 26.2 Å². The average Bonchev–Trinajstić information content (AvgIpc) is 3.13. The molecule has 5 nitrogen and oxygen atoms in total. The van der Waals surface area contributed by atoms with Gasteiger partial charge in [-0.15, -0.1) is 0 Å². The number of rotatable bonds is 7. The van der Waals surface area contributed by atoms with E-state index in [-0.39, 0.29) is 5.97 Å². The number of piperidine rings is 1. The van der Waals surface area contributed by atoms with Crippen LogP contribution in [-0.4, -0.2) is 42.1 Å². The summed E-state index contributed by atoms with van der Waals surface area (Å²) in [6.45, 7) is 4.64. The molecule has 0 unspecified atom stereocenters. The zero-order valence-corrected chi connectivity index (χ0v) is 17.5. The second kappa shape index (κ2) is 9.37. The van der Waals surface area contributed by atoms with E-state index in [9.17, 15) is 4.79 Å². The first kappa shape index (κ1) is 19.9. The highest BCUT2D eigenvalue weighted by Crippen LogP contribution is 2.31. The highest BCUT2D eigenvalue weighted by molar-refractivity contribution is 7.20. The Bertz CT molecular complexity index is 913. The molecule has 152 valence electrons. The molecule has 0 spiro atoms. The summed E-state index contributed by atoms with van der Waals surface area (Å²) in [4.78, 5) is 18.3. The number of esters is 1. The zero-order valence-electron chi connectivity index (χ0n) is 16.7. The van der Waals surface area contributed by atoms with Crippen molar-refractivity contribution < 1.29 is 14.3 Å². The fraction of sp³-hybridized carbons (Fsp3) is 0.391. The molecule has 0 bridgehead atoms. The highest BCUT2D eigenvalue weighted by atomic mass is 32.1. The fourth-order valence-electron chi connectivity index (χ4n) is 3.76. The molecule has 1 fully saturated rings.